The van der Waals surface area contributed by atoms with Gasteiger partial charge in [-0.05, 0) is 13.6 Å². The number of nitrogen functional groups attached to an aromatic ring is 1. The molecular weight excluding hydrogens is 324 g/mol. The first-order chi connectivity index (χ1) is 12.0. The molecule has 0 spiro atoms. The van der Waals surface area contributed by atoms with Crippen LogP contribution in [-0.2, 0) is 0 Å². The van der Waals surface area contributed by atoms with Crippen LogP contribution in [-0.4, -0.2) is 90.6 Å². The maximum Gasteiger partial charge on any atom is 0.353 e. The van der Waals surface area contributed by atoms with Gasteiger partial charge in [-0.2, -0.15) is 9.97 Å². The number of hydrogen-bond acceptors (Lipinski definition) is 9. The van der Waals surface area contributed by atoms with Gasteiger partial charge in [-0.25, -0.2) is 0 Å². The zero-order chi connectivity index (χ0) is 18.0. The van der Waals surface area contributed by atoms with Crippen molar-refractivity contribution in [1.29, 1.82) is 0 Å². The van der Waals surface area contributed by atoms with Crippen LogP contribution in [0.1, 0.15) is 6.92 Å². The van der Waals surface area contributed by atoms with Crippen LogP contribution in [0, 0.1) is 10.1 Å². The summed E-state index contributed by atoms with van der Waals surface area (Å²) in [6.45, 7) is 9.62. The average Bonchev–Trinajstić information content (AvgIpc) is 2.61. The van der Waals surface area contributed by atoms with Crippen molar-refractivity contribution in [2.24, 2.45) is 0 Å². The van der Waals surface area contributed by atoms with Crippen LogP contribution in [0.4, 0.5) is 23.3 Å². The molecule has 138 valence electrons. The monoisotopic (exact) mass is 350 g/mol. The van der Waals surface area contributed by atoms with Gasteiger partial charge in [0.2, 0.25) is 17.6 Å². The first kappa shape index (κ1) is 17.6. The third-order valence-corrected chi connectivity index (χ3v) is 4.97. The predicted molar refractivity (Wildman–Crippen MR) is 97.1 cm³/mol. The van der Waals surface area contributed by atoms with Crippen molar-refractivity contribution < 1.29 is 4.92 Å². The van der Waals surface area contributed by atoms with Gasteiger partial charge in [0, 0.05) is 52.4 Å². The van der Waals surface area contributed by atoms with Crippen LogP contribution in [0.15, 0.2) is 0 Å². The number of hydrogen-bond donors (Lipinski definition) is 1. The summed E-state index contributed by atoms with van der Waals surface area (Å²) in [6.07, 6.45) is 0. The Morgan fingerprint density at radius 3 is 2.20 bits per heavy atom. The summed E-state index contributed by atoms with van der Waals surface area (Å²) in [5, 5.41) is 11.5. The predicted octanol–water partition coefficient (Wildman–Crippen LogP) is -0.139. The topological polar surface area (TPSA) is 108 Å². The minimum atomic E-state index is -0.468. The van der Waals surface area contributed by atoms with Gasteiger partial charge in [0.25, 0.3) is 0 Å². The van der Waals surface area contributed by atoms with Crippen LogP contribution in [0.5, 0.6) is 0 Å². The Bertz CT molecular complexity index is 624. The maximum absolute atomic E-state index is 11.5. The summed E-state index contributed by atoms with van der Waals surface area (Å²) in [4.78, 5) is 28.4. The van der Waals surface area contributed by atoms with Gasteiger partial charge in [0.1, 0.15) is 0 Å². The third-order valence-electron chi connectivity index (χ3n) is 4.97. The maximum atomic E-state index is 11.5. The molecule has 0 aliphatic carbocycles. The van der Waals surface area contributed by atoms with Gasteiger partial charge in [0.15, 0.2) is 0 Å². The Kier molecular flexibility index (Phi) is 5.19. The van der Waals surface area contributed by atoms with E-state index in [1.165, 1.54) is 0 Å². The summed E-state index contributed by atoms with van der Waals surface area (Å²) < 4.78 is 0. The zero-order valence-electron chi connectivity index (χ0n) is 14.9. The number of nitrogens with zero attached hydrogens (tertiary/aromatic N) is 7. The van der Waals surface area contributed by atoms with E-state index in [1.54, 1.807) is 0 Å². The fourth-order valence-electron chi connectivity index (χ4n) is 3.27. The third kappa shape index (κ3) is 3.74. The van der Waals surface area contributed by atoms with E-state index in [1.807, 2.05) is 9.80 Å². The molecule has 2 N–H and O–H groups in total. The van der Waals surface area contributed by atoms with Crippen LogP contribution in [0.2, 0.25) is 0 Å². The van der Waals surface area contributed by atoms with Crippen molar-refractivity contribution in [3.8, 4) is 0 Å². The van der Waals surface area contributed by atoms with E-state index in [2.05, 4.69) is 33.7 Å². The molecule has 0 aromatic carbocycles. The molecule has 2 aliphatic rings. The Balaban J connectivity index is 1.90. The molecule has 3 rings (SSSR count). The van der Waals surface area contributed by atoms with Crippen molar-refractivity contribution in [1.82, 2.24) is 19.8 Å². The molecule has 0 amide bonds. The number of piperazine rings is 2. The van der Waals surface area contributed by atoms with E-state index < -0.39 is 4.92 Å². The highest BCUT2D eigenvalue weighted by atomic mass is 16.6. The van der Waals surface area contributed by atoms with Crippen LogP contribution in [0.3, 0.4) is 0 Å². The molecule has 25 heavy (non-hydrogen) atoms. The molecule has 2 saturated heterocycles. The molecule has 0 bridgehead atoms. The van der Waals surface area contributed by atoms with Gasteiger partial charge in [-0.1, -0.05) is 6.92 Å². The molecule has 0 saturated carbocycles. The quantitative estimate of drug-likeness (QED) is 0.586. The molecule has 3 heterocycles. The molecule has 10 nitrogen and oxygen atoms in total. The normalized spacial score (nSPS) is 20.1. The Morgan fingerprint density at radius 2 is 1.64 bits per heavy atom. The first-order valence-corrected chi connectivity index (χ1v) is 8.72. The standard InChI is InChI=1S/C15H26N8O2/c1-3-20-6-10-21(11-7-20)14-12(23(24)25)13(16)17-15(18-14)22-8-4-19(2)5-9-22/h3-11H2,1-2H3,(H2,16,17,18). The van der Waals surface area contributed by atoms with E-state index in [4.69, 9.17) is 5.73 Å². The average molecular weight is 350 g/mol. The minimum absolute atomic E-state index is 0.0538. The lowest BCUT2D eigenvalue weighted by atomic mass is 10.3. The molecular formula is C15H26N8O2. The van der Waals surface area contributed by atoms with Gasteiger partial charge in [-0.3, -0.25) is 10.1 Å². The Hall–Kier alpha value is -2.20. The van der Waals surface area contributed by atoms with E-state index in [0.29, 0.717) is 24.9 Å². The molecule has 2 fully saturated rings. The number of rotatable bonds is 4. The number of likely N-dealkylation sites (N-methyl/N-ethyl adjacent to an activating group) is 2. The second-order valence-corrected chi connectivity index (χ2v) is 6.55. The van der Waals surface area contributed by atoms with Crippen LogP contribution >= 0.6 is 0 Å². The summed E-state index contributed by atoms with van der Waals surface area (Å²) in [5.41, 5.74) is 5.77. The number of nitro groups is 1. The van der Waals surface area contributed by atoms with E-state index in [0.717, 1.165) is 45.8 Å². The lowest BCUT2D eigenvalue weighted by Crippen LogP contribution is -2.47. The van der Waals surface area contributed by atoms with E-state index in [9.17, 15) is 10.1 Å². The molecule has 0 atom stereocenters. The fourth-order valence-corrected chi connectivity index (χ4v) is 3.27. The smallest absolute Gasteiger partial charge is 0.353 e. The van der Waals surface area contributed by atoms with Gasteiger partial charge in [-0.15, -0.1) is 0 Å². The summed E-state index contributed by atoms with van der Waals surface area (Å²) in [6, 6.07) is 0. The van der Waals surface area contributed by atoms with Gasteiger partial charge >= 0.3 is 5.69 Å². The summed E-state index contributed by atoms with van der Waals surface area (Å²) in [5.74, 6) is 0.785. The lowest BCUT2D eigenvalue weighted by molar-refractivity contribution is -0.383. The Morgan fingerprint density at radius 1 is 1.04 bits per heavy atom. The SMILES string of the molecule is CCN1CCN(c2nc(N3CCN(C)CC3)nc(N)c2[N+](=O)[O-])CC1. The van der Waals surface area contributed by atoms with Gasteiger partial charge < -0.3 is 25.3 Å². The largest absolute Gasteiger partial charge is 0.378 e. The number of anilines is 3. The zero-order valence-corrected chi connectivity index (χ0v) is 14.9. The first-order valence-electron chi connectivity index (χ1n) is 8.72. The molecule has 1 aromatic rings. The second kappa shape index (κ2) is 7.36. The van der Waals surface area contributed by atoms with Crippen molar-refractivity contribution in [3.05, 3.63) is 10.1 Å². The Labute approximate surface area is 147 Å². The highest BCUT2D eigenvalue weighted by Gasteiger charge is 2.30. The molecule has 10 heteroatoms. The molecule has 0 radical (unpaired) electrons. The summed E-state index contributed by atoms with van der Waals surface area (Å²) >= 11 is 0. The summed E-state index contributed by atoms with van der Waals surface area (Å²) in [7, 11) is 2.07. The minimum Gasteiger partial charge on any atom is -0.378 e. The van der Waals surface area contributed by atoms with Crippen molar-refractivity contribution >= 4 is 23.3 Å². The number of aromatic nitrogens is 2. The highest BCUT2D eigenvalue weighted by Crippen LogP contribution is 2.33. The van der Waals surface area contributed by atoms with Crippen molar-refractivity contribution in [2.75, 3.05) is 81.5 Å². The van der Waals surface area contributed by atoms with Crippen molar-refractivity contribution in [3.63, 3.8) is 0 Å². The van der Waals surface area contributed by atoms with E-state index in [-0.39, 0.29) is 11.5 Å². The fraction of sp³-hybridized carbons (Fsp3) is 0.733. The molecule has 1 aromatic heterocycles. The highest BCUT2D eigenvalue weighted by molar-refractivity contribution is 5.71. The van der Waals surface area contributed by atoms with Gasteiger partial charge in [0.05, 0.1) is 4.92 Å². The van der Waals surface area contributed by atoms with Crippen molar-refractivity contribution in [2.45, 2.75) is 6.92 Å². The van der Waals surface area contributed by atoms with E-state index >= 15 is 0 Å². The second-order valence-electron chi connectivity index (χ2n) is 6.55. The van der Waals surface area contributed by atoms with Crippen LogP contribution in [0.25, 0.3) is 0 Å². The molecule has 0 unspecified atom stereocenters. The lowest BCUT2D eigenvalue weighted by Gasteiger charge is -2.35. The van der Waals surface area contributed by atoms with Crippen LogP contribution < -0.4 is 15.5 Å². The number of nitrogens with two attached hydrogens (primary N) is 1. The molecule has 2 aliphatic heterocycles.